The SMILES string of the molecule is CCc1cc(C(=O)N2CCCC2c2cccc(OC)c2)n[nH]1. The van der Waals surface area contributed by atoms with Crippen LogP contribution < -0.4 is 4.74 Å². The number of hydrogen-bond donors (Lipinski definition) is 1. The van der Waals surface area contributed by atoms with Gasteiger partial charge in [-0.1, -0.05) is 19.1 Å². The molecule has 1 aliphatic heterocycles. The van der Waals surface area contributed by atoms with Crippen LogP contribution in [0.5, 0.6) is 5.75 Å². The normalized spacial score (nSPS) is 17.7. The lowest BCUT2D eigenvalue weighted by atomic mass is 10.0. The summed E-state index contributed by atoms with van der Waals surface area (Å²) in [6.07, 6.45) is 2.84. The fraction of sp³-hybridized carbons (Fsp3) is 0.412. The van der Waals surface area contributed by atoms with Gasteiger partial charge in [0.15, 0.2) is 0 Å². The van der Waals surface area contributed by atoms with E-state index in [0.29, 0.717) is 5.69 Å². The van der Waals surface area contributed by atoms with E-state index in [1.807, 2.05) is 36.1 Å². The number of likely N-dealkylation sites (tertiary alicyclic amines) is 1. The first-order chi connectivity index (χ1) is 10.7. The van der Waals surface area contributed by atoms with Crippen molar-refractivity contribution < 1.29 is 9.53 Å². The van der Waals surface area contributed by atoms with Crippen molar-refractivity contribution in [2.75, 3.05) is 13.7 Å². The number of nitrogens with one attached hydrogen (secondary N) is 1. The summed E-state index contributed by atoms with van der Waals surface area (Å²) in [5.74, 6) is 0.825. The average Bonchev–Trinajstić information content (AvgIpc) is 3.23. The summed E-state index contributed by atoms with van der Waals surface area (Å²) in [5.41, 5.74) is 2.61. The van der Waals surface area contributed by atoms with Gasteiger partial charge in [0.2, 0.25) is 0 Å². The Labute approximate surface area is 130 Å². The van der Waals surface area contributed by atoms with E-state index in [2.05, 4.69) is 16.3 Å². The summed E-state index contributed by atoms with van der Waals surface area (Å²) >= 11 is 0. The van der Waals surface area contributed by atoms with Crippen molar-refractivity contribution in [1.29, 1.82) is 0 Å². The highest BCUT2D eigenvalue weighted by atomic mass is 16.5. The molecule has 0 aliphatic carbocycles. The highest BCUT2D eigenvalue weighted by Gasteiger charge is 2.31. The second-order valence-electron chi connectivity index (χ2n) is 5.57. The monoisotopic (exact) mass is 299 g/mol. The zero-order chi connectivity index (χ0) is 15.5. The van der Waals surface area contributed by atoms with Crippen molar-refractivity contribution >= 4 is 5.91 Å². The van der Waals surface area contributed by atoms with Crippen LogP contribution in [0.15, 0.2) is 30.3 Å². The Balaban J connectivity index is 1.84. The van der Waals surface area contributed by atoms with Gasteiger partial charge in [-0.15, -0.1) is 0 Å². The average molecular weight is 299 g/mol. The molecule has 0 bridgehead atoms. The number of benzene rings is 1. The van der Waals surface area contributed by atoms with Crippen molar-refractivity contribution in [2.45, 2.75) is 32.2 Å². The number of aryl methyl sites for hydroxylation is 1. The van der Waals surface area contributed by atoms with Gasteiger partial charge in [0.25, 0.3) is 5.91 Å². The lowest BCUT2D eigenvalue weighted by molar-refractivity contribution is 0.0729. The van der Waals surface area contributed by atoms with Crippen LogP contribution in [0.1, 0.15) is 47.6 Å². The molecule has 1 N–H and O–H groups in total. The van der Waals surface area contributed by atoms with Crippen molar-refractivity contribution in [3.63, 3.8) is 0 Å². The van der Waals surface area contributed by atoms with E-state index in [4.69, 9.17) is 4.74 Å². The van der Waals surface area contributed by atoms with E-state index >= 15 is 0 Å². The Bertz CT molecular complexity index is 665. The maximum atomic E-state index is 12.7. The van der Waals surface area contributed by atoms with Crippen molar-refractivity contribution in [1.82, 2.24) is 15.1 Å². The molecule has 22 heavy (non-hydrogen) atoms. The molecule has 0 spiro atoms. The third-order valence-electron chi connectivity index (χ3n) is 4.22. The fourth-order valence-corrected chi connectivity index (χ4v) is 3.00. The van der Waals surface area contributed by atoms with Gasteiger partial charge in [-0.25, -0.2) is 0 Å². The third-order valence-corrected chi connectivity index (χ3v) is 4.22. The van der Waals surface area contributed by atoms with E-state index in [-0.39, 0.29) is 11.9 Å². The molecule has 0 saturated carbocycles. The molecule has 116 valence electrons. The number of rotatable bonds is 4. The number of carbonyl (C=O) groups excluding carboxylic acids is 1. The zero-order valence-corrected chi connectivity index (χ0v) is 13.0. The number of H-pyrrole nitrogens is 1. The smallest absolute Gasteiger partial charge is 0.274 e. The molecule has 1 amide bonds. The van der Waals surface area contributed by atoms with E-state index in [9.17, 15) is 4.79 Å². The summed E-state index contributed by atoms with van der Waals surface area (Å²) in [6, 6.07) is 9.91. The molecule has 3 rings (SSSR count). The first-order valence-electron chi connectivity index (χ1n) is 7.72. The molecule has 2 aromatic rings. The molecular weight excluding hydrogens is 278 g/mol. The number of aromatic amines is 1. The van der Waals surface area contributed by atoms with Gasteiger partial charge >= 0.3 is 0 Å². The standard InChI is InChI=1S/C17H21N3O2/c1-3-13-11-15(19-18-13)17(21)20-9-5-8-16(20)12-6-4-7-14(10-12)22-2/h4,6-7,10-11,16H,3,5,8-9H2,1-2H3,(H,18,19). The van der Waals surface area contributed by atoms with Crippen molar-refractivity contribution in [2.24, 2.45) is 0 Å². The molecule has 1 aromatic heterocycles. The highest BCUT2D eigenvalue weighted by Crippen LogP contribution is 2.34. The Morgan fingerprint density at radius 3 is 3.05 bits per heavy atom. The van der Waals surface area contributed by atoms with Gasteiger partial charge in [0.1, 0.15) is 11.4 Å². The Hall–Kier alpha value is -2.30. The van der Waals surface area contributed by atoms with Crippen LogP contribution in [0.4, 0.5) is 0 Å². The van der Waals surface area contributed by atoms with E-state index in [1.54, 1.807) is 7.11 Å². The number of amides is 1. The number of carbonyl (C=O) groups is 1. The van der Waals surface area contributed by atoms with Crippen LogP contribution in [-0.2, 0) is 6.42 Å². The molecule has 5 nitrogen and oxygen atoms in total. The molecule has 0 radical (unpaired) electrons. The minimum Gasteiger partial charge on any atom is -0.497 e. The molecule has 1 atom stereocenters. The highest BCUT2D eigenvalue weighted by molar-refractivity contribution is 5.92. The second-order valence-corrected chi connectivity index (χ2v) is 5.57. The summed E-state index contributed by atoms with van der Waals surface area (Å²) in [4.78, 5) is 14.6. The molecular formula is C17H21N3O2. The van der Waals surface area contributed by atoms with E-state index in [1.165, 1.54) is 0 Å². The van der Waals surface area contributed by atoms with Crippen molar-refractivity contribution in [3.8, 4) is 5.75 Å². The molecule has 1 saturated heterocycles. The minimum absolute atomic E-state index is 0.00118. The summed E-state index contributed by atoms with van der Waals surface area (Å²) in [5, 5.41) is 7.07. The van der Waals surface area contributed by atoms with Crippen LogP contribution in [0.2, 0.25) is 0 Å². The molecule has 1 fully saturated rings. The summed E-state index contributed by atoms with van der Waals surface area (Å²) < 4.78 is 5.29. The van der Waals surface area contributed by atoms with E-state index in [0.717, 1.165) is 42.8 Å². The molecule has 5 heteroatoms. The molecule has 2 heterocycles. The van der Waals surface area contributed by atoms with E-state index < -0.39 is 0 Å². The van der Waals surface area contributed by atoms with Gasteiger partial charge in [-0.05, 0) is 43.0 Å². The van der Waals surface area contributed by atoms with Gasteiger partial charge in [0, 0.05) is 12.2 Å². The lowest BCUT2D eigenvalue weighted by Gasteiger charge is -2.24. The summed E-state index contributed by atoms with van der Waals surface area (Å²) in [6.45, 7) is 2.81. The zero-order valence-electron chi connectivity index (χ0n) is 13.0. The maximum Gasteiger partial charge on any atom is 0.274 e. The Morgan fingerprint density at radius 2 is 2.32 bits per heavy atom. The Kier molecular flexibility index (Phi) is 4.13. The number of ether oxygens (including phenoxy) is 1. The molecule has 1 unspecified atom stereocenters. The van der Waals surface area contributed by atoms with Crippen molar-refractivity contribution in [3.05, 3.63) is 47.3 Å². The number of methoxy groups -OCH3 is 1. The van der Waals surface area contributed by atoms with Gasteiger partial charge in [-0.3, -0.25) is 9.89 Å². The predicted molar refractivity (Wildman–Crippen MR) is 84.0 cm³/mol. The topological polar surface area (TPSA) is 58.2 Å². The maximum absolute atomic E-state index is 12.7. The molecule has 1 aliphatic rings. The van der Waals surface area contributed by atoms with Crippen LogP contribution >= 0.6 is 0 Å². The quantitative estimate of drug-likeness (QED) is 0.944. The summed E-state index contributed by atoms with van der Waals surface area (Å²) in [7, 11) is 1.66. The largest absolute Gasteiger partial charge is 0.497 e. The van der Waals surface area contributed by atoms with Gasteiger partial charge in [0.05, 0.1) is 13.2 Å². The van der Waals surface area contributed by atoms with Gasteiger partial charge < -0.3 is 9.64 Å². The van der Waals surface area contributed by atoms with Gasteiger partial charge in [-0.2, -0.15) is 5.10 Å². The fourth-order valence-electron chi connectivity index (χ4n) is 3.00. The number of hydrogen-bond acceptors (Lipinski definition) is 3. The number of aromatic nitrogens is 2. The van der Waals surface area contributed by atoms with Crippen LogP contribution in [0, 0.1) is 0 Å². The predicted octanol–water partition coefficient (Wildman–Crippen LogP) is 2.96. The number of nitrogens with zero attached hydrogens (tertiary/aromatic N) is 2. The first kappa shape index (κ1) is 14.6. The second kappa shape index (κ2) is 6.22. The van der Waals surface area contributed by atoms with Crippen LogP contribution in [0.3, 0.4) is 0 Å². The Morgan fingerprint density at radius 1 is 1.45 bits per heavy atom. The lowest BCUT2D eigenvalue weighted by Crippen LogP contribution is -2.30. The minimum atomic E-state index is 0.00118. The third kappa shape index (κ3) is 2.71. The molecule has 1 aromatic carbocycles. The first-order valence-corrected chi connectivity index (χ1v) is 7.72. The van der Waals surface area contributed by atoms with Crippen LogP contribution in [0.25, 0.3) is 0 Å². The van der Waals surface area contributed by atoms with Crippen LogP contribution in [-0.4, -0.2) is 34.7 Å².